The van der Waals surface area contributed by atoms with Crippen LogP contribution in [0, 0.1) is 11.6 Å². The van der Waals surface area contributed by atoms with Gasteiger partial charge >= 0.3 is 0 Å². The number of halogens is 2. The van der Waals surface area contributed by atoms with Crippen LogP contribution >= 0.6 is 0 Å². The Hall–Kier alpha value is -2.29. The van der Waals surface area contributed by atoms with Crippen molar-refractivity contribution in [3.8, 4) is 22.3 Å². The summed E-state index contributed by atoms with van der Waals surface area (Å²) in [6.07, 6.45) is 0. The van der Waals surface area contributed by atoms with Crippen molar-refractivity contribution in [3.63, 3.8) is 0 Å². The van der Waals surface area contributed by atoms with E-state index in [0.29, 0.717) is 0 Å². The lowest BCUT2D eigenvalue weighted by Crippen LogP contribution is -1.82. The Balaban J connectivity index is 2.13. The lowest BCUT2D eigenvalue weighted by atomic mass is 10.1. The molecule has 0 amide bonds. The molecule has 18 heavy (non-hydrogen) atoms. The third kappa shape index (κ3) is 1.56. The molecule has 0 unspecified atom stereocenters. The van der Waals surface area contributed by atoms with Crippen molar-refractivity contribution in [2.45, 2.75) is 0 Å². The van der Waals surface area contributed by atoms with Gasteiger partial charge in [-0.05, 0) is 12.1 Å². The molecule has 3 aromatic rings. The summed E-state index contributed by atoms with van der Waals surface area (Å²) in [4.78, 5) is 11.7. The van der Waals surface area contributed by atoms with E-state index in [-0.39, 0.29) is 27.7 Å². The molecule has 1 nitrogen and oxygen atoms in total. The molecule has 0 saturated heterocycles. The van der Waals surface area contributed by atoms with E-state index in [4.69, 9.17) is 0 Å². The van der Waals surface area contributed by atoms with Gasteiger partial charge in [-0.1, -0.05) is 36.4 Å². The molecule has 0 bridgehead atoms. The molecule has 3 rings (SSSR count). The van der Waals surface area contributed by atoms with Crippen molar-refractivity contribution in [3.05, 3.63) is 70.4 Å². The smallest absolute Gasteiger partial charge is 0.195 e. The van der Waals surface area contributed by atoms with Crippen LogP contribution in [0.15, 0.2) is 53.3 Å². The summed E-state index contributed by atoms with van der Waals surface area (Å²) in [5, 5.41) is 0. The van der Waals surface area contributed by atoms with Gasteiger partial charge in [0, 0.05) is 22.3 Å². The number of hydrogen-bond acceptors (Lipinski definition) is 1. The molecule has 0 aliphatic rings. The summed E-state index contributed by atoms with van der Waals surface area (Å²) in [6.45, 7) is 0. The molecule has 0 saturated carbocycles. The molecule has 0 aliphatic heterocycles. The van der Waals surface area contributed by atoms with E-state index < -0.39 is 11.6 Å². The van der Waals surface area contributed by atoms with Crippen LogP contribution in [0.4, 0.5) is 8.78 Å². The van der Waals surface area contributed by atoms with Gasteiger partial charge in [0.25, 0.3) is 0 Å². The third-order valence-corrected chi connectivity index (χ3v) is 2.93. The molecular weight excluding hydrogens is 234 g/mol. The molecule has 0 heterocycles. The average molecular weight is 242 g/mol. The fourth-order valence-corrected chi connectivity index (χ4v) is 2.01. The van der Waals surface area contributed by atoms with E-state index in [9.17, 15) is 13.6 Å². The Kier molecular flexibility index (Phi) is 2.33. The van der Waals surface area contributed by atoms with Gasteiger partial charge in [0.05, 0.1) is 0 Å². The fourth-order valence-electron chi connectivity index (χ4n) is 2.01. The lowest BCUT2D eigenvalue weighted by Gasteiger charge is -1.97. The van der Waals surface area contributed by atoms with Crippen LogP contribution in [0.3, 0.4) is 0 Å². The predicted octanol–water partition coefficient (Wildman–Crippen LogP) is 3.53. The molecule has 0 radical (unpaired) electrons. The summed E-state index contributed by atoms with van der Waals surface area (Å²) in [6, 6.07) is 12.0. The third-order valence-electron chi connectivity index (χ3n) is 2.93. The highest BCUT2D eigenvalue weighted by atomic mass is 19.1. The Morgan fingerprint density at radius 2 is 1.06 bits per heavy atom. The Morgan fingerprint density at radius 3 is 1.44 bits per heavy atom. The summed E-state index contributed by atoms with van der Waals surface area (Å²) >= 11 is 0. The maximum absolute atomic E-state index is 13.6. The number of hydrogen-bond donors (Lipinski definition) is 0. The van der Waals surface area contributed by atoms with Gasteiger partial charge in [-0.15, -0.1) is 0 Å². The largest absolute Gasteiger partial charge is 0.289 e. The van der Waals surface area contributed by atoms with Crippen molar-refractivity contribution in [2.24, 2.45) is 0 Å². The van der Waals surface area contributed by atoms with Crippen LogP contribution in [0.1, 0.15) is 0 Å². The molecule has 0 aliphatic carbocycles. The molecule has 0 fully saturated rings. The second-order valence-electron chi connectivity index (χ2n) is 4.04. The minimum absolute atomic E-state index is 0.237. The van der Waals surface area contributed by atoms with Crippen molar-refractivity contribution in [1.29, 1.82) is 0 Å². The fraction of sp³-hybridized carbons (Fsp3) is 0. The maximum atomic E-state index is 13.6. The second kappa shape index (κ2) is 3.88. The van der Waals surface area contributed by atoms with E-state index in [2.05, 4.69) is 0 Å². The zero-order chi connectivity index (χ0) is 12.7. The first-order valence-electron chi connectivity index (χ1n) is 5.49. The topological polar surface area (TPSA) is 17.1 Å². The number of rotatable bonds is 2. The minimum Gasteiger partial charge on any atom is -0.289 e. The summed E-state index contributed by atoms with van der Waals surface area (Å²) in [5.74, 6) is -0.931. The van der Waals surface area contributed by atoms with E-state index in [1.165, 1.54) is 24.3 Å². The predicted molar refractivity (Wildman–Crippen MR) is 65.9 cm³/mol. The first-order valence-corrected chi connectivity index (χ1v) is 5.49. The summed E-state index contributed by atoms with van der Waals surface area (Å²) in [5.41, 5.74) is 0.739. The van der Waals surface area contributed by atoms with Gasteiger partial charge in [-0.3, -0.25) is 4.79 Å². The molecule has 0 spiro atoms. The molecule has 0 N–H and O–H groups in total. The zero-order valence-corrected chi connectivity index (χ0v) is 9.28. The summed E-state index contributed by atoms with van der Waals surface area (Å²) < 4.78 is 27.1. The van der Waals surface area contributed by atoms with Crippen LogP contribution in [0.25, 0.3) is 22.3 Å². The van der Waals surface area contributed by atoms with E-state index in [1.807, 2.05) is 0 Å². The van der Waals surface area contributed by atoms with Gasteiger partial charge in [-0.2, -0.15) is 0 Å². The standard InChI is InChI=1S/C15H8F2O/c16-11-7-3-1-5-9(11)13-14(15(13)18)10-6-2-4-8-12(10)17/h1-8H. The highest BCUT2D eigenvalue weighted by Crippen LogP contribution is 2.36. The Labute approximate surface area is 102 Å². The zero-order valence-electron chi connectivity index (χ0n) is 9.28. The second-order valence-corrected chi connectivity index (χ2v) is 4.04. The maximum Gasteiger partial charge on any atom is 0.195 e. The molecule has 0 atom stereocenters. The van der Waals surface area contributed by atoms with Crippen molar-refractivity contribution in [1.82, 2.24) is 0 Å². The van der Waals surface area contributed by atoms with Crippen LogP contribution in [0.2, 0.25) is 0 Å². The van der Waals surface area contributed by atoms with Crippen molar-refractivity contribution < 1.29 is 8.78 Å². The molecule has 3 heteroatoms. The van der Waals surface area contributed by atoms with E-state index in [1.54, 1.807) is 24.3 Å². The Bertz CT molecular complexity index is 676. The van der Waals surface area contributed by atoms with Crippen LogP contribution in [0.5, 0.6) is 0 Å². The molecule has 88 valence electrons. The van der Waals surface area contributed by atoms with Crippen molar-refractivity contribution >= 4 is 0 Å². The molecule has 0 aromatic heterocycles. The summed E-state index contributed by atoms with van der Waals surface area (Å²) in [7, 11) is 0. The highest BCUT2D eigenvalue weighted by molar-refractivity contribution is 5.94. The highest BCUT2D eigenvalue weighted by Gasteiger charge is 2.28. The van der Waals surface area contributed by atoms with Crippen molar-refractivity contribution in [2.75, 3.05) is 0 Å². The first kappa shape index (κ1) is 10.8. The quantitative estimate of drug-likeness (QED) is 0.671. The van der Waals surface area contributed by atoms with Crippen LogP contribution < -0.4 is 5.43 Å². The average Bonchev–Trinajstić information content (AvgIpc) is 3.02. The van der Waals surface area contributed by atoms with Crippen LogP contribution in [-0.2, 0) is 0 Å². The van der Waals surface area contributed by atoms with E-state index >= 15 is 0 Å². The monoisotopic (exact) mass is 242 g/mol. The molecule has 3 aromatic carbocycles. The minimum atomic E-state index is -0.466. The van der Waals surface area contributed by atoms with Gasteiger partial charge < -0.3 is 0 Å². The normalized spacial score (nSPS) is 11.0. The van der Waals surface area contributed by atoms with Gasteiger partial charge in [0.15, 0.2) is 5.43 Å². The lowest BCUT2D eigenvalue weighted by molar-refractivity contribution is 0.630. The van der Waals surface area contributed by atoms with Crippen LogP contribution in [-0.4, -0.2) is 0 Å². The van der Waals surface area contributed by atoms with E-state index in [0.717, 1.165) is 0 Å². The van der Waals surface area contributed by atoms with Gasteiger partial charge in [-0.25, -0.2) is 8.78 Å². The number of benzene rings is 2. The SMILES string of the molecule is O=c1c(-c2ccccc2F)c1-c1ccccc1F. The van der Waals surface area contributed by atoms with Gasteiger partial charge in [0.2, 0.25) is 0 Å². The molecular formula is C15H8F2O. The van der Waals surface area contributed by atoms with Gasteiger partial charge in [0.1, 0.15) is 11.6 Å². The first-order chi connectivity index (χ1) is 8.70. The Morgan fingerprint density at radius 1 is 0.667 bits per heavy atom.